The lowest BCUT2D eigenvalue weighted by atomic mass is 9.66. The van der Waals surface area contributed by atoms with Crippen LogP contribution >= 0.6 is 0 Å². The van der Waals surface area contributed by atoms with Gasteiger partial charge in [0.1, 0.15) is 0 Å². The lowest BCUT2D eigenvalue weighted by molar-refractivity contribution is -0.167. The molecular formula is C27H52O2. The van der Waals surface area contributed by atoms with Gasteiger partial charge in [0.2, 0.25) is 0 Å². The number of unbranched alkanes of at least 4 members (excludes halogenated alkanes) is 10. The third-order valence-electron chi connectivity index (χ3n) is 6.39. The standard InChI is InChI=1S/C27H52O2/c1-8-9-10-11-12-13-14-15-16-17-18-19-20-21-22-27(23(2)3,24(4)5)26(28)29-25(6)7/h15-16,23-25H,8-14,17-22H2,1-7H3. The van der Waals surface area contributed by atoms with Crippen molar-refractivity contribution in [3.63, 3.8) is 0 Å². The zero-order valence-electron chi connectivity index (χ0n) is 20.9. The Kier molecular flexibility index (Phi) is 16.5. The molecule has 0 saturated heterocycles. The molecule has 0 aliphatic carbocycles. The molecule has 0 heterocycles. The van der Waals surface area contributed by atoms with E-state index in [0.717, 1.165) is 12.8 Å². The van der Waals surface area contributed by atoms with Crippen LogP contribution in [0.15, 0.2) is 12.2 Å². The van der Waals surface area contributed by atoms with Crippen molar-refractivity contribution in [3.05, 3.63) is 12.2 Å². The molecule has 2 nitrogen and oxygen atoms in total. The van der Waals surface area contributed by atoms with E-state index < -0.39 is 0 Å². The molecule has 0 bridgehead atoms. The Morgan fingerprint density at radius 1 is 0.724 bits per heavy atom. The second-order valence-electron chi connectivity index (χ2n) is 9.78. The fourth-order valence-corrected chi connectivity index (χ4v) is 4.45. The Bertz CT molecular complexity index is 412. The number of carbonyl (C=O) groups is 1. The van der Waals surface area contributed by atoms with Crippen LogP contribution in [-0.4, -0.2) is 12.1 Å². The second-order valence-corrected chi connectivity index (χ2v) is 9.78. The van der Waals surface area contributed by atoms with E-state index in [0.29, 0.717) is 11.8 Å². The first-order chi connectivity index (χ1) is 13.8. The van der Waals surface area contributed by atoms with Crippen molar-refractivity contribution >= 4 is 5.97 Å². The van der Waals surface area contributed by atoms with Crippen LogP contribution < -0.4 is 0 Å². The summed E-state index contributed by atoms with van der Waals surface area (Å²) in [6.45, 7) is 14.9. The van der Waals surface area contributed by atoms with Crippen LogP contribution in [0.1, 0.15) is 132 Å². The summed E-state index contributed by atoms with van der Waals surface area (Å²) < 4.78 is 5.66. The van der Waals surface area contributed by atoms with E-state index in [2.05, 4.69) is 46.8 Å². The average molecular weight is 409 g/mol. The monoisotopic (exact) mass is 408 g/mol. The molecule has 0 atom stereocenters. The van der Waals surface area contributed by atoms with E-state index in [1.807, 2.05) is 13.8 Å². The highest BCUT2D eigenvalue weighted by atomic mass is 16.5. The fourth-order valence-electron chi connectivity index (χ4n) is 4.45. The molecule has 0 amide bonds. The lowest BCUT2D eigenvalue weighted by Crippen LogP contribution is -2.43. The van der Waals surface area contributed by atoms with Gasteiger partial charge in [-0.1, -0.05) is 98.1 Å². The second kappa shape index (κ2) is 16.9. The first-order valence-corrected chi connectivity index (χ1v) is 12.6. The third kappa shape index (κ3) is 11.8. The maximum absolute atomic E-state index is 12.9. The molecule has 0 aliphatic rings. The maximum atomic E-state index is 12.9. The summed E-state index contributed by atoms with van der Waals surface area (Å²) in [4.78, 5) is 12.9. The van der Waals surface area contributed by atoms with E-state index in [1.165, 1.54) is 70.6 Å². The van der Waals surface area contributed by atoms with Crippen molar-refractivity contribution in [2.45, 2.75) is 138 Å². The predicted molar refractivity (Wildman–Crippen MR) is 128 cm³/mol. The summed E-state index contributed by atoms with van der Waals surface area (Å²) >= 11 is 0. The Balaban J connectivity index is 4.07. The van der Waals surface area contributed by atoms with Crippen molar-refractivity contribution in [3.8, 4) is 0 Å². The Labute approximate surface area is 183 Å². The largest absolute Gasteiger partial charge is 0.463 e. The first kappa shape index (κ1) is 28.2. The maximum Gasteiger partial charge on any atom is 0.312 e. The van der Waals surface area contributed by atoms with E-state index in [4.69, 9.17) is 4.74 Å². The van der Waals surface area contributed by atoms with Gasteiger partial charge in [-0.25, -0.2) is 0 Å². The molecule has 0 radical (unpaired) electrons. The number of hydrogen-bond acceptors (Lipinski definition) is 2. The molecule has 2 heteroatoms. The van der Waals surface area contributed by atoms with Gasteiger partial charge in [0.05, 0.1) is 11.5 Å². The highest BCUT2D eigenvalue weighted by Crippen LogP contribution is 2.42. The molecule has 0 N–H and O–H groups in total. The van der Waals surface area contributed by atoms with Crippen LogP contribution in [0.3, 0.4) is 0 Å². The van der Waals surface area contributed by atoms with Crippen LogP contribution in [0.2, 0.25) is 0 Å². The number of allylic oxidation sites excluding steroid dienone is 2. The molecule has 0 aromatic heterocycles. The average Bonchev–Trinajstić information content (AvgIpc) is 2.63. The van der Waals surface area contributed by atoms with Gasteiger partial charge in [0, 0.05) is 0 Å². The number of ether oxygens (including phenoxy) is 1. The van der Waals surface area contributed by atoms with Gasteiger partial charge in [0.15, 0.2) is 0 Å². The Morgan fingerprint density at radius 3 is 1.62 bits per heavy atom. The van der Waals surface area contributed by atoms with Crippen molar-refractivity contribution in [1.82, 2.24) is 0 Å². The topological polar surface area (TPSA) is 26.3 Å². The minimum atomic E-state index is -0.346. The number of hydrogen-bond donors (Lipinski definition) is 0. The van der Waals surface area contributed by atoms with Gasteiger partial charge >= 0.3 is 5.97 Å². The molecule has 0 unspecified atom stereocenters. The summed E-state index contributed by atoms with van der Waals surface area (Å²) in [5, 5.41) is 0. The van der Waals surface area contributed by atoms with Crippen LogP contribution in [0, 0.1) is 17.3 Å². The van der Waals surface area contributed by atoms with Crippen LogP contribution in [-0.2, 0) is 9.53 Å². The molecule has 0 fully saturated rings. The molecule has 172 valence electrons. The smallest absolute Gasteiger partial charge is 0.312 e. The van der Waals surface area contributed by atoms with Gasteiger partial charge in [0.25, 0.3) is 0 Å². The molecule has 0 aromatic carbocycles. The lowest BCUT2D eigenvalue weighted by Gasteiger charge is -2.39. The molecule has 0 aliphatic heterocycles. The highest BCUT2D eigenvalue weighted by molar-refractivity contribution is 5.77. The van der Waals surface area contributed by atoms with E-state index in [9.17, 15) is 4.79 Å². The number of carbonyl (C=O) groups excluding carboxylic acids is 1. The van der Waals surface area contributed by atoms with Crippen molar-refractivity contribution in [1.29, 1.82) is 0 Å². The van der Waals surface area contributed by atoms with Crippen LogP contribution in [0.25, 0.3) is 0 Å². The van der Waals surface area contributed by atoms with E-state index >= 15 is 0 Å². The fraction of sp³-hybridized carbons (Fsp3) is 0.889. The molecule has 0 spiro atoms. The SMILES string of the molecule is CCCCCCCCC=CCCCCCCC(C(=O)OC(C)C)(C(C)C)C(C)C. The van der Waals surface area contributed by atoms with Crippen molar-refractivity contribution in [2.24, 2.45) is 17.3 Å². The molecular weight excluding hydrogens is 356 g/mol. The van der Waals surface area contributed by atoms with Gasteiger partial charge in [-0.15, -0.1) is 0 Å². The summed E-state index contributed by atoms with van der Waals surface area (Å²) in [5.74, 6) is 0.618. The molecule has 0 rings (SSSR count). The zero-order valence-corrected chi connectivity index (χ0v) is 20.9. The summed E-state index contributed by atoms with van der Waals surface area (Å²) in [7, 11) is 0. The van der Waals surface area contributed by atoms with Gasteiger partial charge in [-0.05, 0) is 57.8 Å². The van der Waals surface area contributed by atoms with E-state index in [-0.39, 0.29) is 17.5 Å². The summed E-state index contributed by atoms with van der Waals surface area (Å²) in [6.07, 6.45) is 21.2. The number of esters is 1. The van der Waals surface area contributed by atoms with Crippen LogP contribution in [0.4, 0.5) is 0 Å². The van der Waals surface area contributed by atoms with Gasteiger partial charge in [-0.2, -0.15) is 0 Å². The van der Waals surface area contributed by atoms with Gasteiger partial charge in [-0.3, -0.25) is 4.79 Å². The molecule has 0 saturated carbocycles. The van der Waals surface area contributed by atoms with Gasteiger partial charge < -0.3 is 4.74 Å². The van der Waals surface area contributed by atoms with Crippen molar-refractivity contribution < 1.29 is 9.53 Å². The predicted octanol–water partition coefficient (Wildman–Crippen LogP) is 8.88. The molecule has 0 aromatic rings. The number of rotatable bonds is 18. The van der Waals surface area contributed by atoms with E-state index in [1.54, 1.807) is 0 Å². The third-order valence-corrected chi connectivity index (χ3v) is 6.39. The van der Waals surface area contributed by atoms with Crippen molar-refractivity contribution in [2.75, 3.05) is 0 Å². The molecule has 29 heavy (non-hydrogen) atoms. The quantitative estimate of drug-likeness (QED) is 0.128. The zero-order chi connectivity index (χ0) is 22.1. The first-order valence-electron chi connectivity index (χ1n) is 12.6. The highest BCUT2D eigenvalue weighted by Gasteiger charge is 2.45. The minimum absolute atomic E-state index is 0.00938. The summed E-state index contributed by atoms with van der Waals surface area (Å²) in [5.41, 5.74) is -0.346. The normalized spacial score (nSPS) is 12.6. The summed E-state index contributed by atoms with van der Waals surface area (Å²) in [6, 6.07) is 0. The van der Waals surface area contributed by atoms with Crippen LogP contribution in [0.5, 0.6) is 0 Å². The Morgan fingerprint density at radius 2 is 1.17 bits per heavy atom. The Hall–Kier alpha value is -0.790. The minimum Gasteiger partial charge on any atom is -0.463 e.